The van der Waals surface area contributed by atoms with E-state index in [4.69, 9.17) is 11.6 Å². The second-order valence-electron chi connectivity index (χ2n) is 7.79. The summed E-state index contributed by atoms with van der Waals surface area (Å²) in [7, 11) is 0. The molecule has 2 heteroatoms. The van der Waals surface area contributed by atoms with Crippen LogP contribution in [-0.4, -0.2) is 6.04 Å². The van der Waals surface area contributed by atoms with E-state index in [9.17, 15) is 0 Å². The normalized spacial score (nSPS) is 36.2. The Labute approximate surface area is 128 Å². The van der Waals surface area contributed by atoms with E-state index in [-0.39, 0.29) is 0 Å². The van der Waals surface area contributed by atoms with Crippen LogP contribution in [0.3, 0.4) is 0 Å². The fourth-order valence-electron chi connectivity index (χ4n) is 4.82. The van der Waals surface area contributed by atoms with Crippen molar-refractivity contribution >= 4 is 11.6 Å². The minimum Gasteiger partial charge on any atom is -0.306 e. The van der Waals surface area contributed by atoms with Gasteiger partial charge in [-0.05, 0) is 60.6 Å². The summed E-state index contributed by atoms with van der Waals surface area (Å²) in [6.45, 7) is 9.66. The molecule has 1 N–H and O–H groups in total. The lowest BCUT2D eigenvalue weighted by Crippen LogP contribution is -2.50. The number of fused-ring (bicyclic) bond motifs is 2. The molecule has 2 bridgehead atoms. The SMILES string of the molecule is C[C@H](NC1C(C)(C)[C@H]2CC[C@]1(C)C2)c1ccc(Cl)cc1. The molecule has 2 fully saturated rings. The number of rotatable bonds is 3. The van der Waals surface area contributed by atoms with Crippen LogP contribution in [0.15, 0.2) is 24.3 Å². The summed E-state index contributed by atoms with van der Waals surface area (Å²) >= 11 is 5.99. The summed E-state index contributed by atoms with van der Waals surface area (Å²) in [5.74, 6) is 0.891. The first-order chi connectivity index (χ1) is 9.33. The van der Waals surface area contributed by atoms with Crippen molar-refractivity contribution in [2.24, 2.45) is 16.7 Å². The molecule has 4 atom stereocenters. The summed E-state index contributed by atoms with van der Waals surface area (Å²) in [5.41, 5.74) is 2.22. The molecule has 3 rings (SSSR count). The second kappa shape index (κ2) is 4.74. The van der Waals surface area contributed by atoms with Gasteiger partial charge in [-0.3, -0.25) is 0 Å². The Balaban J connectivity index is 1.78. The van der Waals surface area contributed by atoms with Crippen LogP contribution in [0.4, 0.5) is 0 Å². The van der Waals surface area contributed by atoms with Gasteiger partial charge in [0.05, 0.1) is 0 Å². The largest absolute Gasteiger partial charge is 0.306 e. The fraction of sp³-hybridized carbons (Fsp3) is 0.667. The highest BCUT2D eigenvalue weighted by Gasteiger charge is 2.59. The van der Waals surface area contributed by atoms with Gasteiger partial charge < -0.3 is 5.32 Å². The van der Waals surface area contributed by atoms with Crippen LogP contribution in [0.1, 0.15) is 58.6 Å². The molecule has 110 valence electrons. The number of hydrogen-bond donors (Lipinski definition) is 1. The maximum Gasteiger partial charge on any atom is 0.0406 e. The van der Waals surface area contributed by atoms with E-state index in [1.807, 2.05) is 12.1 Å². The van der Waals surface area contributed by atoms with Gasteiger partial charge in [-0.15, -0.1) is 0 Å². The monoisotopic (exact) mass is 291 g/mol. The van der Waals surface area contributed by atoms with Crippen molar-refractivity contribution in [1.29, 1.82) is 0 Å². The van der Waals surface area contributed by atoms with Gasteiger partial charge in [-0.25, -0.2) is 0 Å². The van der Waals surface area contributed by atoms with Gasteiger partial charge in [0.15, 0.2) is 0 Å². The summed E-state index contributed by atoms with van der Waals surface area (Å²) in [4.78, 5) is 0. The Morgan fingerprint density at radius 1 is 1.20 bits per heavy atom. The molecule has 1 aromatic carbocycles. The highest BCUT2D eigenvalue weighted by Crippen LogP contribution is 2.62. The molecule has 0 radical (unpaired) electrons. The third-order valence-corrected chi connectivity index (χ3v) is 6.31. The second-order valence-corrected chi connectivity index (χ2v) is 8.22. The van der Waals surface area contributed by atoms with Crippen LogP contribution in [-0.2, 0) is 0 Å². The first-order valence-electron chi connectivity index (χ1n) is 7.84. The van der Waals surface area contributed by atoms with Gasteiger partial charge in [-0.2, -0.15) is 0 Å². The van der Waals surface area contributed by atoms with Crippen molar-refractivity contribution < 1.29 is 0 Å². The first kappa shape index (κ1) is 14.4. The van der Waals surface area contributed by atoms with Crippen LogP contribution in [0.25, 0.3) is 0 Å². The Morgan fingerprint density at radius 3 is 2.40 bits per heavy atom. The van der Waals surface area contributed by atoms with Crippen LogP contribution < -0.4 is 5.32 Å². The van der Waals surface area contributed by atoms with Crippen LogP contribution >= 0.6 is 11.6 Å². The predicted molar refractivity (Wildman–Crippen MR) is 86.0 cm³/mol. The maximum absolute atomic E-state index is 5.99. The van der Waals surface area contributed by atoms with E-state index in [2.05, 4.69) is 45.1 Å². The first-order valence-corrected chi connectivity index (χ1v) is 8.22. The average Bonchev–Trinajstić information content (AvgIpc) is 2.86. The lowest BCUT2D eigenvalue weighted by Gasteiger charge is -2.44. The van der Waals surface area contributed by atoms with Gasteiger partial charge in [0, 0.05) is 17.1 Å². The van der Waals surface area contributed by atoms with Gasteiger partial charge in [0.2, 0.25) is 0 Å². The minimum atomic E-state index is 0.382. The molecule has 20 heavy (non-hydrogen) atoms. The molecule has 0 amide bonds. The molecule has 1 aromatic rings. The summed E-state index contributed by atoms with van der Waals surface area (Å²) < 4.78 is 0. The van der Waals surface area contributed by atoms with Crippen molar-refractivity contribution in [3.05, 3.63) is 34.9 Å². The van der Waals surface area contributed by atoms with Crippen molar-refractivity contribution in [3.8, 4) is 0 Å². The topological polar surface area (TPSA) is 12.0 Å². The van der Waals surface area contributed by atoms with E-state index in [0.29, 0.717) is 22.9 Å². The lowest BCUT2D eigenvalue weighted by atomic mass is 9.68. The van der Waals surface area contributed by atoms with Crippen LogP contribution in [0.2, 0.25) is 5.02 Å². The van der Waals surface area contributed by atoms with E-state index in [1.54, 1.807) is 0 Å². The van der Waals surface area contributed by atoms with Gasteiger partial charge in [-0.1, -0.05) is 44.5 Å². The zero-order valence-electron chi connectivity index (χ0n) is 13.0. The Morgan fingerprint density at radius 2 is 1.85 bits per heavy atom. The third kappa shape index (κ3) is 2.19. The highest BCUT2D eigenvalue weighted by atomic mass is 35.5. The van der Waals surface area contributed by atoms with Gasteiger partial charge >= 0.3 is 0 Å². The van der Waals surface area contributed by atoms with Crippen molar-refractivity contribution in [2.75, 3.05) is 0 Å². The van der Waals surface area contributed by atoms with E-state index in [1.165, 1.54) is 24.8 Å². The predicted octanol–water partition coefficient (Wildman–Crippen LogP) is 5.21. The van der Waals surface area contributed by atoms with Gasteiger partial charge in [0.1, 0.15) is 0 Å². The maximum atomic E-state index is 5.99. The number of benzene rings is 1. The highest BCUT2D eigenvalue weighted by molar-refractivity contribution is 6.30. The molecule has 0 heterocycles. The molecular weight excluding hydrogens is 266 g/mol. The fourth-order valence-corrected chi connectivity index (χ4v) is 4.94. The molecule has 2 aliphatic carbocycles. The minimum absolute atomic E-state index is 0.382. The number of hydrogen-bond acceptors (Lipinski definition) is 1. The van der Waals surface area contributed by atoms with E-state index >= 15 is 0 Å². The molecule has 1 nitrogen and oxygen atoms in total. The third-order valence-electron chi connectivity index (χ3n) is 6.06. The van der Waals surface area contributed by atoms with Crippen molar-refractivity contribution in [2.45, 2.75) is 59.0 Å². The Hall–Kier alpha value is -0.530. The summed E-state index contributed by atoms with van der Waals surface area (Å²) in [6.07, 6.45) is 4.19. The zero-order chi connectivity index (χ0) is 14.5. The average molecular weight is 292 g/mol. The number of nitrogens with one attached hydrogen (secondary N) is 1. The molecule has 0 spiro atoms. The smallest absolute Gasteiger partial charge is 0.0406 e. The molecule has 0 saturated heterocycles. The molecule has 2 aliphatic rings. The Kier molecular flexibility index (Phi) is 3.42. The van der Waals surface area contributed by atoms with E-state index < -0.39 is 0 Å². The Bertz CT molecular complexity index is 488. The summed E-state index contributed by atoms with van der Waals surface area (Å²) in [5, 5.41) is 4.75. The zero-order valence-corrected chi connectivity index (χ0v) is 13.8. The van der Waals surface area contributed by atoms with Crippen LogP contribution in [0, 0.1) is 16.7 Å². The van der Waals surface area contributed by atoms with Gasteiger partial charge in [0.25, 0.3) is 0 Å². The molecule has 0 aromatic heterocycles. The number of halogens is 1. The molecule has 2 saturated carbocycles. The molecular formula is C18H26ClN. The molecule has 0 aliphatic heterocycles. The van der Waals surface area contributed by atoms with Crippen molar-refractivity contribution in [3.63, 3.8) is 0 Å². The van der Waals surface area contributed by atoms with Crippen LogP contribution in [0.5, 0.6) is 0 Å². The van der Waals surface area contributed by atoms with E-state index in [0.717, 1.165) is 10.9 Å². The quantitative estimate of drug-likeness (QED) is 0.806. The summed E-state index contributed by atoms with van der Waals surface area (Å²) in [6, 6.07) is 9.25. The lowest BCUT2D eigenvalue weighted by molar-refractivity contribution is 0.100. The molecule has 1 unspecified atom stereocenters. The standard InChI is InChI=1S/C18H26ClN/c1-12(13-5-7-15(19)8-6-13)20-16-17(2,3)14-9-10-18(16,4)11-14/h5-8,12,14,16,20H,9-11H2,1-4H3/t12-,14-,16?,18+/m0/s1. The van der Waals surface area contributed by atoms with Crippen molar-refractivity contribution in [1.82, 2.24) is 5.32 Å².